The van der Waals surface area contributed by atoms with Crippen LogP contribution in [0.25, 0.3) is 10.7 Å². The lowest BCUT2D eigenvalue weighted by Gasteiger charge is -2.17. The first-order valence-corrected chi connectivity index (χ1v) is 12.6. The minimum atomic E-state index is -4.01. The molecule has 0 unspecified atom stereocenters. The lowest BCUT2D eigenvalue weighted by molar-refractivity contribution is 0.0777. The van der Waals surface area contributed by atoms with E-state index >= 15 is 0 Å². The molecule has 3 rings (SSSR count). The number of amides is 1. The summed E-state index contributed by atoms with van der Waals surface area (Å²) in [5.41, 5.74) is 1.73. The van der Waals surface area contributed by atoms with Crippen LogP contribution in [0.5, 0.6) is 0 Å². The predicted molar refractivity (Wildman–Crippen MR) is 125 cm³/mol. The van der Waals surface area contributed by atoms with Gasteiger partial charge in [-0.2, -0.15) is 0 Å². The number of sulfonamides is 1. The predicted octanol–water partition coefficient (Wildman–Crippen LogP) is 4.84. The van der Waals surface area contributed by atoms with E-state index < -0.39 is 15.8 Å². The summed E-state index contributed by atoms with van der Waals surface area (Å²) in [5.74, 6) is -0.659. The fourth-order valence-electron chi connectivity index (χ4n) is 3.28. The van der Waals surface area contributed by atoms with E-state index in [0.29, 0.717) is 40.1 Å². The minimum absolute atomic E-state index is 0.0415. The molecule has 172 valence electrons. The normalized spacial score (nSPS) is 11.6. The summed E-state index contributed by atoms with van der Waals surface area (Å²) in [6.45, 7) is 8.44. The third kappa shape index (κ3) is 4.53. The molecule has 1 N–H and O–H groups in total. The van der Waals surface area contributed by atoms with E-state index in [1.807, 2.05) is 13.8 Å². The van der Waals surface area contributed by atoms with Crippen LogP contribution in [0.3, 0.4) is 0 Å². The molecule has 0 aliphatic carbocycles. The molecule has 0 radical (unpaired) electrons. The number of nitrogens with zero attached hydrogens (tertiary/aromatic N) is 3. The van der Waals surface area contributed by atoms with Crippen LogP contribution >= 0.6 is 22.9 Å². The first kappa shape index (κ1) is 24.2. The second-order valence-electron chi connectivity index (χ2n) is 7.18. The maximum Gasteiger partial charge on any atom is 0.265 e. The van der Waals surface area contributed by atoms with Crippen LogP contribution in [0, 0.1) is 19.7 Å². The minimum Gasteiger partial charge on any atom is -0.345 e. The number of aromatic nitrogens is 2. The third-order valence-corrected chi connectivity index (χ3v) is 8.18. The Labute approximate surface area is 195 Å². The number of carbonyl (C=O) groups is 1. The third-order valence-electron chi connectivity index (χ3n) is 5.21. The molecule has 0 saturated heterocycles. The van der Waals surface area contributed by atoms with Gasteiger partial charge in [0.1, 0.15) is 20.6 Å². The molecule has 0 aliphatic rings. The second-order valence-corrected chi connectivity index (χ2v) is 10.2. The van der Waals surface area contributed by atoms with Gasteiger partial charge in [-0.1, -0.05) is 11.6 Å². The molecular formula is C21H24ClFN4O3S2. The van der Waals surface area contributed by atoms with Crippen molar-refractivity contribution in [3.8, 4) is 10.7 Å². The average molecular weight is 499 g/mol. The van der Waals surface area contributed by atoms with Gasteiger partial charge in [0.15, 0.2) is 0 Å². The van der Waals surface area contributed by atoms with Gasteiger partial charge in [0.2, 0.25) is 0 Å². The van der Waals surface area contributed by atoms with Gasteiger partial charge in [-0.15, -0.1) is 11.3 Å². The summed E-state index contributed by atoms with van der Waals surface area (Å²) in [5, 5.41) is 0.502. The molecular weight excluding hydrogens is 475 g/mol. The van der Waals surface area contributed by atoms with Crippen molar-refractivity contribution in [3.63, 3.8) is 0 Å². The summed E-state index contributed by atoms with van der Waals surface area (Å²) >= 11 is 7.21. The maximum atomic E-state index is 13.3. The van der Waals surface area contributed by atoms with E-state index in [1.54, 1.807) is 30.4 Å². The number of hydrogen-bond acceptors (Lipinski definition) is 5. The van der Waals surface area contributed by atoms with Crippen molar-refractivity contribution < 1.29 is 17.6 Å². The van der Waals surface area contributed by atoms with Crippen LogP contribution in [0.15, 0.2) is 29.2 Å². The number of hydrogen-bond donors (Lipinski definition) is 1. The summed E-state index contributed by atoms with van der Waals surface area (Å²) in [6, 6.07) is 4.94. The summed E-state index contributed by atoms with van der Waals surface area (Å²) in [7, 11) is -2.27. The zero-order valence-corrected chi connectivity index (χ0v) is 20.8. The molecule has 0 atom stereocenters. The monoisotopic (exact) mass is 498 g/mol. The quantitative estimate of drug-likeness (QED) is 0.505. The summed E-state index contributed by atoms with van der Waals surface area (Å²) < 4.78 is 43.5. The first-order chi connectivity index (χ1) is 15.0. The smallest absolute Gasteiger partial charge is 0.265 e. The molecule has 0 aliphatic heterocycles. The zero-order chi connectivity index (χ0) is 23.8. The zero-order valence-electron chi connectivity index (χ0n) is 18.4. The molecule has 0 spiro atoms. The Balaban J connectivity index is 2.00. The molecule has 2 heterocycles. The van der Waals surface area contributed by atoms with Crippen molar-refractivity contribution in [2.75, 3.05) is 17.8 Å². The van der Waals surface area contributed by atoms with Crippen molar-refractivity contribution in [2.45, 2.75) is 32.6 Å². The maximum absolute atomic E-state index is 13.3. The molecule has 1 aromatic carbocycles. The van der Waals surface area contributed by atoms with E-state index in [1.165, 1.54) is 23.5 Å². The Bertz CT molecular complexity index is 1280. The Morgan fingerprint density at radius 1 is 1.25 bits per heavy atom. The van der Waals surface area contributed by atoms with Gasteiger partial charge in [0.05, 0.1) is 22.1 Å². The number of nitrogens with one attached hydrogen (secondary N) is 1. The Hall–Kier alpha value is -2.43. The van der Waals surface area contributed by atoms with Crippen LogP contribution in [0.1, 0.15) is 34.9 Å². The molecule has 2 aromatic heterocycles. The lowest BCUT2D eigenvalue weighted by Crippen LogP contribution is -2.30. The molecule has 11 heteroatoms. The van der Waals surface area contributed by atoms with Crippen molar-refractivity contribution in [1.82, 2.24) is 14.5 Å². The second kappa shape index (κ2) is 9.21. The van der Waals surface area contributed by atoms with Crippen molar-refractivity contribution >= 4 is 44.6 Å². The van der Waals surface area contributed by atoms with E-state index in [2.05, 4.69) is 9.71 Å². The number of aryl methyl sites for hydroxylation is 1. The number of benzene rings is 1. The van der Waals surface area contributed by atoms with Crippen LogP contribution in [0.2, 0.25) is 5.02 Å². The molecule has 3 aromatic rings. The van der Waals surface area contributed by atoms with Gasteiger partial charge >= 0.3 is 0 Å². The fourth-order valence-corrected chi connectivity index (χ4v) is 6.01. The first-order valence-electron chi connectivity index (χ1n) is 9.91. The standard InChI is InChI=1S/C21H24ClFN4O3S2/c1-6-27(7-2)21(28)19-12(3)24-20(31-19)17-11-18(13(4)26(17)5)32(29,30)25-16-9-8-14(23)10-15(16)22/h8-11,25H,6-7H2,1-5H3. The number of halogens is 2. The van der Waals surface area contributed by atoms with Gasteiger partial charge < -0.3 is 9.47 Å². The lowest BCUT2D eigenvalue weighted by atomic mass is 10.3. The Morgan fingerprint density at radius 3 is 2.50 bits per heavy atom. The highest BCUT2D eigenvalue weighted by molar-refractivity contribution is 7.92. The largest absolute Gasteiger partial charge is 0.345 e. The number of rotatable bonds is 7. The van der Waals surface area contributed by atoms with E-state index in [0.717, 1.165) is 12.1 Å². The molecule has 0 bridgehead atoms. The number of thiazole rings is 1. The van der Waals surface area contributed by atoms with Crippen LogP contribution in [0.4, 0.5) is 10.1 Å². The van der Waals surface area contributed by atoms with Crippen LogP contribution in [-0.4, -0.2) is 41.9 Å². The average Bonchev–Trinajstić information content (AvgIpc) is 3.25. The highest BCUT2D eigenvalue weighted by Gasteiger charge is 2.26. The molecule has 7 nitrogen and oxygen atoms in total. The van der Waals surface area contributed by atoms with Crippen molar-refractivity contribution in [3.05, 3.63) is 51.4 Å². The highest BCUT2D eigenvalue weighted by Crippen LogP contribution is 2.34. The summed E-state index contributed by atoms with van der Waals surface area (Å²) in [6.07, 6.45) is 0. The van der Waals surface area contributed by atoms with Gasteiger partial charge in [-0.05, 0) is 52.0 Å². The van der Waals surface area contributed by atoms with Gasteiger partial charge in [0.25, 0.3) is 15.9 Å². The SMILES string of the molecule is CCN(CC)C(=O)c1sc(-c2cc(S(=O)(=O)Nc3ccc(F)cc3Cl)c(C)n2C)nc1C. The Kier molecular flexibility index (Phi) is 6.97. The van der Waals surface area contributed by atoms with Crippen molar-refractivity contribution in [1.29, 1.82) is 0 Å². The van der Waals surface area contributed by atoms with Gasteiger partial charge in [0, 0.05) is 25.8 Å². The Morgan fingerprint density at radius 2 is 1.91 bits per heavy atom. The number of anilines is 1. The van der Waals surface area contributed by atoms with Crippen LogP contribution < -0.4 is 4.72 Å². The highest BCUT2D eigenvalue weighted by atomic mass is 35.5. The molecule has 32 heavy (non-hydrogen) atoms. The van der Waals surface area contributed by atoms with E-state index in [4.69, 9.17) is 11.6 Å². The van der Waals surface area contributed by atoms with Crippen molar-refractivity contribution in [2.24, 2.45) is 7.05 Å². The van der Waals surface area contributed by atoms with Gasteiger partial charge in [-0.25, -0.2) is 17.8 Å². The topological polar surface area (TPSA) is 84.3 Å². The summed E-state index contributed by atoms with van der Waals surface area (Å²) in [4.78, 5) is 19.6. The molecule has 0 saturated carbocycles. The molecule has 0 fully saturated rings. The van der Waals surface area contributed by atoms with E-state index in [-0.39, 0.29) is 21.5 Å². The fraction of sp³-hybridized carbons (Fsp3) is 0.333. The van der Waals surface area contributed by atoms with Crippen LogP contribution in [-0.2, 0) is 17.1 Å². The molecule has 1 amide bonds. The van der Waals surface area contributed by atoms with Gasteiger partial charge in [-0.3, -0.25) is 9.52 Å². The number of carbonyl (C=O) groups excluding carboxylic acids is 1. The van der Waals surface area contributed by atoms with E-state index in [9.17, 15) is 17.6 Å².